The van der Waals surface area contributed by atoms with Crippen LogP contribution in [-0.2, 0) is 20.7 Å². The van der Waals surface area contributed by atoms with Crippen LogP contribution in [0.25, 0.3) is 0 Å². The minimum absolute atomic E-state index is 0.00459. The molecule has 1 aliphatic rings. The zero-order valence-corrected chi connectivity index (χ0v) is 14.7. The van der Waals surface area contributed by atoms with Gasteiger partial charge in [0.15, 0.2) is 13.2 Å². The van der Waals surface area contributed by atoms with Gasteiger partial charge in [-0.15, -0.1) is 0 Å². The predicted molar refractivity (Wildman–Crippen MR) is 96.6 cm³/mol. The van der Waals surface area contributed by atoms with E-state index in [2.05, 4.69) is 0 Å². The molecular weight excluding hydrogens is 352 g/mol. The van der Waals surface area contributed by atoms with E-state index in [9.17, 15) is 19.7 Å². The summed E-state index contributed by atoms with van der Waals surface area (Å²) in [5, 5.41) is 10.6. The number of ether oxygens (including phenoxy) is 2. The lowest BCUT2D eigenvalue weighted by Crippen LogP contribution is -2.39. The highest BCUT2D eigenvalue weighted by Crippen LogP contribution is 2.31. The van der Waals surface area contributed by atoms with Gasteiger partial charge in [0.2, 0.25) is 0 Å². The van der Waals surface area contributed by atoms with Crippen LogP contribution < -0.4 is 9.64 Å². The van der Waals surface area contributed by atoms with Gasteiger partial charge in [-0.25, -0.2) is 4.79 Å². The van der Waals surface area contributed by atoms with Crippen molar-refractivity contribution in [2.45, 2.75) is 19.4 Å². The molecule has 0 N–H and O–H groups in total. The Hall–Kier alpha value is -3.42. The molecule has 1 heterocycles. The minimum Gasteiger partial charge on any atom is -0.482 e. The van der Waals surface area contributed by atoms with E-state index in [1.54, 1.807) is 4.90 Å². The molecule has 1 amide bonds. The topological polar surface area (TPSA) is 99.0 Å². The first-order valence-electron chi connectivity index (χ1n) is 8.38. The number of carbonyl (C=O) groups is 2. The first kappa shape index (κ1) is 18.4. The number of anilines is 1. The van der Waals surface area contributed by atoms with Gasteiger partial charge in [0, 0.05) is 23.9 Å². The summed E-state index contributed by atoms with van der Waals surface area (Å²) >= 11 is 0. The van der Waals surface area contributed by atoms with Crippen LogP contribution in [0.4, 0.5) is 11.4 Å². The second-order valence-electron chi connectivity index (χ2n) is 6.15. The van der Waals surface area contributed by atoms with E-state index in [1.165, 1.54) is 24.3 Å². The highest BCUT2D eigenvalue weighted by Gasteiger charge is 2.30. The second-order valence-corrected chi connectivity index (χ2v) is 6.15. The molecule has 3 rings (SSSR count). The van der Waals surface area contributed by atoms with Crippen LogP contribution in [-0.4, -0.2) is 36.1 Å². The van der Waals surface area contributed by atoms with Crippen LogP contribution in [0.5, 0.6) is 5.75 Å². The number of fused-ring (bicyclic) bond motifs is 1. The lowest BCUT2D eigenvalue weighted by molar-refractivity contribution is -0.384. The van der Waals surface area contributed by atoms with E-state index in [0.717, 1.165) is 17.7 Å². The maximum atomic E-state index is 12.4. The van der Waals surface area contributed by atoms with Gasteiger partial charge in [-0.3, -0.25) is 14.9 Å². The number of hydrogen-bond acceptors (Lipinski definition) is 6. The number of nitro groups is 1. The summed E-state index contributed by atoms with van der Waals surface area (Å²) in [6.45, 7) is 1.18. The standard InChI is InChI=1S/C19H18N2O6/c1-13-10-14-4-2-3-5-17(14)20(13)18(22)11-27-19(23)12-26-16-8-6-15(7-9-16)21(24)25/h2-9,13H,10-12H2,1H3/t13-/m1/s1. The average Bonchev–Trinajstić information content (AvgIpc) is 3.00. The molecule has 1 atom stereocenters. The predicted octanol–water partition coefficient (Wildman–Crippen LogP) is 2.49. The van der Waals surface area contributed by atoms with Crippen molar-refractivity contribution in [2.24, 2.45) is 0 Å². The number of nitro benzene ring substituents is 1. The quantitative estimate of drug-likeness (QED) is 0.440. The molecule has 0 saturated carbocycles. The molecule has 0 bridgehead atoms. The maximum Gasteiger partial charge on any atom is 0.344 e. The molecule has 0 fully saturated rings. The summed E-state index contributed by atoms with van der Waals surface area (Å²) in [6, 6.07) is 13.0. The Morgan fingerprint density at radius 2 is 1.85 bits per heavy atom. The summed E-state index contributed by atoms with van der Waals surface area (Å²) in [4.78, 5) is 36.0. The lowest BCUT2D eigenvalue weighted by Gasteiger charge is -2.22. The molecular formula is C19H18N2O6. The van der Waals surface area contributed by atoms with Crippen molar-refractivity contribution in [3.63, 3.8) is 0 Å². The Balaban J connectivity index is 1.49. The van der Waals surface area contributed by atoms with Crippen LogP contribution in [0, 0.1) is 10.1 Å². The number of benzene rings is 2. The SMILES string of the molecule is C[C@@H]1Cc2ccccc2N1C(=O)COC(=O)COc1ccc([N+](=O)[O-])cc1. The normalized spacial score (nSPS) is 15.1. The van der Waals surface area contributed by atoms with Crippen LogP contribution in [0.3, 0.4) is 0 Å². The number of nitrogens with zero attached hydrogens (tertiary/aromatic N) is 2. The largest absolute Gasteiger partial charge is 0.482 e. The molecule has 2 aromatic carbocycles. The molecule has 140 valence electrons. The van der Waals surface area contributed by atoms with E-state index in [-0.39, 0.29) is 24.2 Å². The van der Waals surface area contributed by atoms with Gasteiger partial charge in [0.05, 0.1) is 4.92 Å². The summed E-state index contributed by atoms with van der Waals surface area (Å²) in [7, 11) is 0. The zero-order valence-electron chi connectivity index (χ0n) is 14.7. The molecule has 0 radical (unpaired) electrons. The number of carbonyl (C=O) groups excluding carboxylic acids is 2. The fraction of sp³-hybridized carbons (Fsp3) is 0.263. The Kier molecular flexibility index (Phi) is 5.35. The van der Waals surface area contributed by atoms with Gasteiger partial charge in [0.1, 0.15) is 5.75 Å². The Morgan fingerprint density at radius 3 is 2.56 bits per heavy atom. The van der Waals surface area contributed by atoms with Gasteiger partial charge >= 0.3 is 5.97 Å². The molecule has 0 spiro atoms. The summed E-state index contributed by atoms with van der Waals surface area (Å²) in [6.07, 6.45) is 0.763. The van der Waals surface area contributed by atoms with E-state index >= 15 is 0 Å². The van der Waals surface area contributed by atoms with Crippen molar-refractivity contribution >= 4 is 23.3 Å². The lowest BCUT2D eigenvalue weighted by atomic mass is 10.1. The molecule has 1 aliphatic heterocycles. The molecule has 27 heavy (non-hydrogen) atoms. The van der Waals surface area contributed by atoms with Crippen molar-refractivity contribution < 1.29 is 24.0 Å². The van der Waals surface area contributed by atoms with Crippen LogP contribution in [0.15, 0.2) is 48.5 Å². The van der Waals surface area contributed by atoms with Crippen molar-refractivity contribution in [2.75, 3.05) is 18.1 Å². The zero-order chi connectivity index (χ0) is 19.4. The average molecular weight is 370 g/mol. The van der Waals surface area contributed by atoms with E-state index in [0.29, 0.717) is 5.75 Å². The van der Waals surface area contributed by atoms with E-state index in [1.807, 2.05) is 31.2 Å². The number of hydrogen-bond donors (Lipinski definition) is 0. The number of esters is 1. The maximum absolute atomic E-state index is 12.4. The number of amides is 1. The number of rotatable bonds is 6. The van der Waals surface area contributed by atoms with Crippen LogP contribution in [0.2, 0.25) is 0 Å². The third-order valence-electron chi connectivity index (χ3n) is 4.24. The fourth-order valence-electron chi connectivity index (χ4n) is 3.01. The van der Waals surface area contributed by atoms with Gasteiger partial charge in [-0.05, 0) is 37.1 Å². The monoisotopic (exact) mass is 370 g/mol. The van der Waals surface area contributed by atoms with Crippen molar-refractivity contribution in [1.29, 1.82) is 0 Å². The smallest absolute Gasteiger partial charge is 0.344 e. The molecule has 8 heteroatoms. The molecule has 0 aliphatic carbocycles. The molecule has 0 saturated heterocycles. The summed E-state index contributed by atoms with van der Waals surface area (Å²) in [5.74, 6) is -0.691. The van der Waals surface area contributed by atoms with Gasteiger partial charge in [0.25, 0.3) is 11.6 Å². The van der Waals surface area contributed by atoms with Gasteiger partial charge < -0.3 is 14.4 Å². The highest BCUT2D eigenvalue weighted by atomic mass is 16.6. The molecule has 0 unspecified atom stereocenters. The van der Waals surface area contributed by atoms with E-state index in [4.69, 9.17) is 9.47 Å². The second kappa shape index (κ2) is 7.86. The first-order chi connectivity index (χ1) is 13.0. The fourth-order valence-corrected chi connectivity index (χ4v) is 3.01. The van der Waals surface area contributed by atoms with Crippen LogP contribution >= 0.6 is 0 Å². The summed E-state index contributed by atoms with van der Waals surface area (Å²) < 4.78 is 10.2. The Labute approximate surface area is 155 Å². The van der Waals surface area contributed by atoms with Crippen molar-refractivity contribution in [3.8, 4) is 5.75 Å². The van der Waals surface area contributed by atoms with Crippen LogP contribution in [0.1, 0.15) is 12.5 Å². The third kappa shape index (κ3) is 4.22. The van der Waals surface area contributed by atoms with Crippen molar-refractivity contribution in [3.05, 3.63) is 64.2 Å². The summed E-state index contributed by atoms with van der Waals surface area (Å²) in [5.41, 5.74) is 1.86. The third-order valence-corrected chi connectivity index (χ3v) is 4.24. The molecule has 0 aromatic heterocycles. The minimum atomic E-state index is -0.693. The first-order valence-corrected chi connectivity index (χ1v) is 8.38. The number of para-hydroxylation sites is 1. The van der Waals surface area contributed by atoms with Gasteiger partial charge in [-0.2, -0.15) is 0 Å². The Bertz CT molecular complexity index is 865. The van der Waals surface area contributed by atoms with Crippen molar-refractivity contribution in [1.82, 2.24) is 0 Å². The highest BCUT2D eigenvalue weighted by molar-refractivity contribution is 5.97. The molecule has 2 aromatic rings. The molecule has 8 nitrogen and oxygen atoms in total. The number of non-ortho nitro benzene ring substituents is 1. The van der Waals surface area contributed by atoms with E-state index < -0.39 is 17.5 Å². The van der Waals surface area contributed by atoms with Gasteiger partial charge in [-0.1, -0.05) is 18.2 Å². The Morgan fingerprint density at radius 1 is 1.15 bits per heavy atom.